The Hall–Kier alpha value is -3.25. The molecule has 2 aliphatic rings. The van der Waals surface area contributed by atoms with Gasteiger partial charge in [0.05, 0.1) is 4.90 Å². The molecule has 1 fully saturated rings. The van der Waals surface area contributed by atoms with E-state index in [2.05, 4.69) is 57.4 Å². The van der Waals surface area contributed by atoms with Crippen LogP contribution in [0.5, 0.6) is 0 Å². The van der Waals surface area contributed by atoms with Crippen LogP contribution in [0, 0.1) is 0 Å². The van der Waals surface area contributed by atoms with Crippen molar-refractivity contribution in [3.05, 3.63) is 89.5 Å². The Kier molecular flexibility index (Phi) is 10.2. The second-order valence-corrected chi connectivity index (χ2v) is 12.0. The number of likely N-dealkylation sites (tertiary alicyclic amines) is 1. The smallest absolute Gasteiger partial charge is 0.475 e. The lowest BCUT2D eigenvalue weighted by molar-refractivity contribution is -0.192. The van der Waals surface area contributed by atoms with Gasteiger partial charge in [0.15, 0.2) is 0 Å². The molecule has 3 N–H and O–H groups in total. The molecule has 1 aliphatic carbocycles. The van der Waals surface area contributed by atoms with Crippen LogP contribution in [-0.4, -0.2) is 62.8 Å². The zero-order valence-corrected chi connectivity index (χ0v) is 23.3. The number of rotatable bonds is 9. The third kappa shape index (κ3) is 8.62. The fourth-order valence-electron chi connectivity index (χ4n) is 5.15. The topological polar surface area (TPSA) is 98.7 Å². The number of nitrogens with one attached hydrogen (secondary N) is 2. The van der Waals surface area contributed by atoms with Crippen molar-refractivity contribution in [3.8, 4) is 11.1 Å². The van der Waals surface area contributed by atoms with Crippen LogP contribution in [0.2, 0.25) is 0 Å². The highest BCUT2D eigenvalue weighted by Crippen LogP contribution is 2.27. The first-order valence-electron chi connectivity index (χ1n) is 13.5. The van der Waals surface area contributed by atoms with Crippen molar-refractivity contribution in [1.82, 2.24) is 14.9 Å². The average molecular weight is 590 g/mol. The van der Waals surface area contributed by atoms with E-state index in [0.29, 0.717) is 17.5 Å². The number of alkyl halides is 3. The van der Waals surface area contributed by atoms with Gasteiger partial charge in [-0.3, -0.25) is 0 Å². The van der Waals surface area contributed by atoms with E-state index in [9.17, 15) is 21.6 Å². The van der Waals surface area contributed by atoms with Gasteiger partial charge in [-0.25, -0.2) is 17.9 Å². The third-order valence-corrected chi connectivity index (χ3v) is 8.76. The second-order valence-electron chi connectivity index (χ2n) is 10.2. The van der Waals surface area contributed by atoms with Gasteiger partial charge in [0.1, 0.15) is 0 Å². The highest BCUT2D eigenvalue weighted by atomic mass is 32.2. The van der Waals surface area contributed by atoms with E-state index in [4.69, 9.17) is 9.90 Å². The molecule has 1 heterocycles. The highest BCUT2D eigenvalue weighted by molar-refractivity contribution is 7.89. The van der Waals surface area contributed by atoms with Crippen molar-refractivity contribution in [1.29, 1.82) is 0 Å². The number of sulfonamides is 1. The molecule has 3 aromatic rings. The summed E-state index contributed by atoms with van der Waals surface area (Å²) in [6.07, 6.45) is -0.537. The number of carboxylic acids is 1. The van der Waals surface area contributed by atoms with Gasteiger partial charge in [0.2, 0.25) is 10.0 Å². The Morgan fingerprint density at radius 2 is 1.46 bits per heavy atom. The number of fused-ring (bicyclic) bond motifs is 1. The summed E-state index contributed by atoms with van der Waals surface area (Å²) in [5.41, 5.74) is 6.27. The molecule has 41 heavy (non-hydrogen) atoms. The van der Waals surface area contributed by atoms with E-state index in [-0.39, 0.29) is 0 Å². The van der Waals surface area contributed by atoms with E-state index in [1.807, 2.05) is 18.2 Å². The first-order chi connectivity index (χ1) is 19.5. The SMILES string of the molecule is O=C(O)C(F)(F)F.O=S(=O)(NCCN1CCCC1)c1ccc(-c2ccccc2CNC2Cc3ccccc3C2)cc1. The van der Waals surface area contributed by atoms with E-state index >= 15 is 0 Å². The number of aliphatic carboxylic acids is 1. The molecule has 0 amide bonds. The zero-order valence-electron chi connectivity index (χ0n) is 22.5. The van der Waals surface area contributed by atoms with Crippen LogP contribution >= 0.6 is 0 Å². The Morgan fingerprint density at radius 1 is 0.902 bits per heavy atom. The van der Waals surface area contributed by atoms with E-state index in [1.54, 1.807) is 12.1 Å². The number of halogens is 3. The lowest BCUT2D eigenvalue weighted by Gasteiger charge is -2.16. The van der Waals surface area contributed by atoms with Crippen LogP contribution in [0.4, 0.5) is 13.2 Å². The summed E-state index contributed by atoms with van der Waals surface area (Å²) >= 11 is 0. The molecule has 0 saturated carbocycles. The number of hydrogen-bond acceptors (Lipinski definition) is 5. The van der Waals surface area contributed by atoms with E-state index in [0.717, 1.165) is 50.1 Å². The minimum absolute atomic E-state index is 0.317. The molecule has 7 nitrogen and oxygen atoms in total. The third-order valence-electron chi connectivity index (χ3n) is 7.29. The van der Waals surface area contributed by atoms with Crippen LogP contribution in [-0.2, 0) is 34.2 Å². The number of benzene rings is 3. The summed E-state index contributed by atoms with van der Waals surface area (Å²) in [7, 11) is -3.50. The quantitative estimate of drug-likeness (QED) is 0.337. The van der Waals surface area contributed by atoms with Crippen molar-refractivity contribution in [3.63, 3.8) is 0 Å². The standard InChI is InChI=1S/C28H33N3O2S.C2HF3O2/c32-34(33,30-15-18-31-16-5-6-17-31)27-13-11-22(12-14-27)28-10-4-3-9-25(28)21-29-26-19-23-7-1-2-8-24(23)20-26;3-2(4,5)1(6)7/h1-4,7-14,26,29-30H,5-6,15-21H2;(H,6,7). The van der Waals surface area contributed by atoms with E-state index < -0.39 is 22.2 Å². The molecule has 1 aliphatic heterocycles. The normalized spacial score (nSPS) is 15.8. The van der Waals surface area contributed by atoms with Gasteiger partial charge < -0.3 is 15.3 Å². The Bertz CT molecular complexity index is 1400. The van der Waals surface area contributed by atoms with Gasteiger partial charge in [-0.1, -0.05) is 60.7 Å². The molecule has 0 bridgehead atoms. The molecular weight excluding hydrogens is 555 g/mol. The van der Waals surface area contributed by atoms with Gasteiger partial charge in [0.25, 0.3) is 0 Å². The molecule has 0 atom stereocenters. The van der Waals surface area contributed by atoms with Crippen molar-refractivity contribution < 1.29 is 31.5 Å². The van der Waals surface area contributed by atoms with Crippen molar-refractivity contribution in [2.45, 2.75) is 49.3 Å². The fourth-order valence-corrected chi connectivity index (χ4v) is 6.18. The van der Waals surface area contributed by atoms with Gasteiger partial charge in [-0.15, -0.1) is 0 Å². The first kappa shape index (κ1) is 30.7. The predicted molar refractivity (Wildman–Crippen MR) is 151 cm³/mol. The molecule has 1 saturated heterocycles. The molecule has 220 valence electrons. The molecule has 0 radical (unpaired) electrons. The van der Waals surface area contributed by atoms with Crippen LogP contribution in [0.1, 0.15) is 29.5 Å². The Morgan fingerprint density at radius 3 is 2.05 bits per heavy atom. The Balaban J connectivity index is 0.000000493. The largest absolute Gasteiger partial charge is 0.490 e. The zero-order chi connectivity index (χ0) is 29.5. The summed E-state index contributed by atoms with van der Waals surface area (Å²) in [6, 6.07) is 24.7. The second kappa shape index (κ2) is 13.6. The Labute approximate surface area is 238 Å². The first-order valence-corrected chi connectivity index (χ1v) is 15.0. The highest BCUT2D eigenvalue weighted by Gasteiger charge is 2.38. The van der Waals surface area contributed by atoms with Gasteiger partial charge in [-0.2, -0.15) is 13.2 Å². The molecule has 0 aromatic heterocycles. The minimum atomic E-state index is -5.08. The summed E-state index contributed by atoms with van der Waals surface area (Å²) < 4.78 is 59.9. The fraction of sp³-hybridized carbons (Fsp3) is 0.367. The predicted octanol–water partition coefficient (Wildman–Crippen LogP) is 4.62. The lowest BCUT2D eigenvalue weighted by Crippen LogP contribution is -2.33. The molecular formula is C30H34F3N3O4S. The monoisotopic (exact) mass is 589 g/mol. The van der Waals surface area contributed by atoms with Crippen molar-refractivity contribution in [2.24, 2.45) is 0 Å². The molecule has 3 aromatic carbocycles. The van der Waals surface area contributed by atoms with Crippen LogP contribution in [0.15, 0.2) is 77.7 Å². The minimum Gasteiger partial charge on any atom is -0.475 e. The molecule has 0 spiro atoms. The summed E-state index contributed by atoms with van der Waals surface area (Å²) in [4.78, 5) is 11.5. The number of carbonyl (C=O) groups is 1. The number of carboxylic acid groups (broad SMARTS) is 1. The van der Waals surface area contributed by atoms with Gasteiger partial charge >= 0.3 is 12.1 Å². The van der Waals surface area contributed by atoms with Gasteiger partial charge in [0, 0.05) is 25.7 Å². The summed E-state index contributed by atoms with van der Waals surface area (Å²) in [6.45, 7) is 4.14. The molecule has 0 unspecified atom stereocenters. The van der Waals surface area contributed by atoms with Gasteiger partial charge in [-0.05, 0) is 78.7 Å². The summed E-state index contributed by atoms with van der Waals surface area (Å²) in [5.74, 6) is -2.76. The van der Waals surface area contributed by atoms with Crippen LogP contribution in [0.3, 0.4) is 0 Å². The maximum Gasteiger partial charge on any atom is 0.490 e. The maximum atomic E-state index is 12.7. The number of nitrogens with zero attached hydrogens (tertiary/aromatic N) is 1. The van der Waals surface area contributed by atoms with Crippen LogP contribution in [0.25, 0.3) is 11.1 Å². The van der Waals surface area contributed by atoms with E-state index in [1.165, 1.54) is 29.5 Å². The van der Waals surface area contributed by atoms with Crippen molar-refractivity contribution in [2.75, 3.05) is 26.2 Å². The summed E-state index contributed by atoms with van der Waals surface area (Å²) in [5, 5.41) is 10.9. The lowest BCUT2D eigenvalue weighted by atomic mass is 9.99. The van der Waals surface area contributed by atoms with Crippen molar-refractivity contribution >= 4 is 16.0 Å². The van der Waals surface area contributed by atoms with Crippen LogP contribution < -0.4 is 10.0 Å². The average Bonchev–Trinajstić information content (AvgIpc) is 3.62. The maximum absolute atomic E-state index is 12.7. The molecule has 11 heteroatoms. The number of hydrogen-bond donors (Lipinski definition) is 3. The molecule has 5 rings (SSSR count).